The molecule has 0 aliphatic carbocycles. The molecular formula is C17H21NO3. The summed E-state index contributed by atoms with van der Waals surface area (Å²) >= 11 is 0. The smallest absolute Gasteiger partial charge is 0.138 e. The summed E-state index contributed by atoms with van der Waals surface area (Å²) in [4.78, 5) is 4.13. The van der Waals surface area contributed by atoms with Gasteiger partial charge in [-0.05, 0) is 31.5 Å². The van der Waals surface area contributed by atoms with E-state index in [0.717, 1.165) is 16.9 Å². The summed E-state index contributed by atoms with van der Waals surface area (Å²) in [5, 5.41) is 10.4. The fourth-order valence-electron chi connectivity index (χ4n) is 2.15. The second-order valence-corrected chi connectivity index (χ2v) is 5.15. The minimum atomic E-state index is -0.649. The van der Waals surface area contributed by atoms with Crippen molar-refractivity contribution < 1.29 is 14.6 Å². The molecule has 2 rings (SSSR count). The fraction of sp³-hybridized carbons (Fsp3) is 0.353. The molecule has 0 spiro atoms. The minimum absolute atomic E-state index is 0.0772. The Labute approximate surface area is 125 Å². The molecular weight excluding hydrogens is 266 g/mol. The van der Waals surface area contributed by atoms with Crippen LogP contribution >= 0.6 is 0 Å². The van der Waals surface area contributed by atoms with E-state index in [1.54, 1.807) is 19.5 Å². The van der Waals surface area contributed by atoms with Crippen LogP contribution in [0.5, 0.6) is 11.5 Å². The number of benzene rings is 1. The zero-order valence-electron chi connectivity index (χ0n) is 12.6. The zero-order valence-corrected chi connectivity index (χ0v) is 12.6. The molecule has 1 atom stereocenters. The van der Waals surface area contributed by atoms with Crippen molar-refractivity contribution in [2.45, 2.75) is 32.5 Å². The van der Waals surface area contributed by atoms with Gasteiger partial charge in [-0.25, -0.2) is 0 Å². The number of rotatable bonds is 6. The number of aromatic nitrogens is 1. The molecule has 0 bridgehead atoms. The van der Waals surface area contributed by atoms with Crippen LogP contribution < -0.4 is 9.47 Å². The predicted octanol–water partition coefficient (Wildman–Crippen LogP) is 3.15. The number of hydrogen-bond donors (Lipinski definition) is 1. The van der Waals surface area contributed by atoms with Crippen molar-refractivity contribution in [1.82, 2.24) is 4.98 Å². The van der Waals surface area contributed by atoms with Gasteiger partial charge in [-0.15, -0.1) is 0 Å². The highest BCUT2D eigenvalue weighted by Gasteiger charge is 2.13. The topological polar surface area (TPSA) is 51.6 Å². The standard InChI is InChI=1S/C17H21NO3/c1-12(2)21-15-8-14(10-18-11-15)16(19)9-13-6-4-5-7-17(13)20-3/h4-8,10-12,16,19H,9H2,1-3H3. The van der Waals surface area contributed by atoms with Crippen LogP contribution in [-0.2, 0) is 6.42 Å². The minimum Gasteiger partial charge on any atom is -0.496 e. The molecule has 1 heterocycles. The normalized spacial score (nSPS) is 12.2. The summed E-state index contributed by atoms with van der Waals surface area (Å²) in [6.45, 7) is 3.91. The van der Waals surface area contributed by atoms with Crippen LogP contribution in [0.3, 0.4) is 0 Å². The molecule has 0 fully saturated rings. The lowest BCUT2D eigenvalue weighted by Crippen LogP contribution is -2.08. The lowest BCUT2D eigenvalue weighted by atomic mass is 10.0. The molecule has 4 heteroatoms. The van der Waals surface area contributed by atoms with E-state index in [1.165, 1.54) is 0 Å². The lowest BCUT2D eigenvalue weighted by Gasteiger charge is -2.15. The molecule has 4 nitrogen and oxygen atoms in total. The lowest BCUT2D eigenvalue weighted by molar-refractivity contribution is 0.175. The molecule has 0 aliphatic rings. The van der Waals surface area contributed by atoms with Crippen molar-refractivity contribution in [3.8, 4) is 11.5 Å². The quantitative estimate of drug-likeness (QED) is 0.886. The summed E-state index contributed by atoms with van der Waals surface area (Å²) in [5.41, 5.74) is 1.70. The Morgan fingerprint density at radius 3 is 2.67 bits per heavy atom. The number of methoxy groups -OCH3 is 1. The SMILES string of the molecule is COc1ccccc1CC(O)c1cncc(OC(C)C)c1. The van der Waals surface area contributed by atoms with E-state index in [4.69, 9.17) is 9.47 Å². The van der Waals surface area contributed by atoms with Crippen molar-refractivity contribution in [1.29, 1.82) is 0 Å². The van der Waals surface area contributed by atoms with Crippen molar-refractivity contribution in [2.75, 3.05) is 7.11 Å². The fourth-order valence-corrected chi connectivity index (χ4v) is 2.15. The van der Waals surface area contributed by atoms with E-state index in [2.05, 4.69) is 4.98 Å². The number of aliphatic hydroxyl groups excluding tert-OH is 1. The maximum atomic E-state index is 10.4. The first-order valence-electron chi connectivity index (χ1n) is 7.01. The molecule has 0 radical (unpaired) electrons. The average Bonchev–Trinajstić information content (AvgIpc) is 2.47. The highest BCUT2D eigenvalue weighted by molar-refractivity contribution is 5.35. The van der Waals surface area contributed by atoms with Gasteiger partial charge in [-0.3, -0.25) is 4.98 Å². The molecule has 0 saturated heterocycles. The van der Waals surface area contributed by atoms with Crippen molar-refractivity contribution in [3.05, 3.63) is 53.9 Å². The van der Waals surface area contributed by atoms with Gasteiger partial charge in [-0.2, -0.15) is 0 Å². The first kappa shape index (κ1) is 15.3. The first-order valence-corrected chi connectivity index (χ1v) is 7.01. The Morgan fingerprint density at radius 2 is 1.95 bits per heavy atom. The summed E-state index contributed by atoms with van der Waals surface area (Å²) in [6, 6.07) is 9.50. The van der Waals surface area contributed by atoms with Crippen LogP contribution in [0.1, 0.15) is 31.1 Å². The average molecular weight is 287 g/mol. The van der Waals surface area contributed by atoms with Gasteiger partial charge in [0.25, 0.3) is 0 Å². The van der Waals surface area contributed by atoms with E-state index in [0.29, 0.717) is 12.2 Å². The second kappa shape index (κ2) is 7.09. The molecule has 0 aliphatic heterocycles. The van der Waals surface area contributed by atoms with Crippen LogP contribution in [0.2, 0.25) is 0 Å². The second-order valence-electron chi connectivity index (χ2n) is 5.15. The third kappa shape index (κ3) is 4.20. The Hall–Kier alpha value is -2.07. The number of hydrogen-bond acceptors (Lipinski definition) is 4. The van der Waals surface area contributed by atoms with E-state index in [-0.39, 0.29) is 6.10 Å². The highest BCUT2D eigenvalue weighted by Crippen LogP contribution is 2.26. The largest absolute Gasteiger partial charge is 0.496 e. The van der Waals surface area contributed by atoms with Gasteiger partial charge in [0.1, 0.15) is 11.5 Å². The van der Waals surface area contributed by atoms with Crippen LogP contribution in [0.25, 0.3) is 0 Å². The van der Waals surface area contributed by atoms with E-state index in [9.17, 15) is 5.11 Å². The maximum Gasteiger partial charge on any atom is 0.138 e. The van der Waals surface area contributed by atoms with E-state index in [1.807, 2.05) is 44.2 Å². The number of aliphatic hydroxyl groups is 1. The first-order chi connectivity index (χ1) is 10.1. The Balaban J connectivity index is 2.14. The molecule has 21 heavy (non-hydrogen) atoms. The molecule has 1 unspecified atom stereocenters. The van der Waals surface area contributed by atoms with Crippen molar-refractivity contribution in [2.24, 2.45) is 0 Å². The highest BCUT2D eigenvalue weighted by atomic mass is 16.5. The third-order valence-corrected chi connectivity index (χ3v) is 3.10. The summed E-state index contributed by atoms with van der Waals surface area (Å²) in [7, 11) is 1.63. The molecule has 1 aromatic carbocycles. The third-order valence-electron chi connectivity index (χ3n) is 3.10. The van der Waals surface area contributed by atoms with Crippen molar-refractivity contribution in [3.63, 3.8) is 0 Å². The molecule has 1 N–H and O–H groups in total. The number of ether oxygens (including phenoxy) is 2. The van der Waals surface area contributed by atoms with Crippen LogP contribution in [0.15, 0.2) is 42.7 Å². The predicted molar refractivity (Wildman–Crippen MR) is 81.7 cm³/mol. The van der Waals surface area contributed by atoms with Crippen LogP contribution in [0, 0.1) is 0 Å². The molecule has 2 aromatic rings. The molecule has 1 aromatic heterocycles. The van der Waals surface area contributed by atoms with Gasteiger partial charge >= 0.3 is 0 Å². The zero-order chi connectivity index (χ0) is 15.2. The van der Waals surface area contributed by atoms with Gasteiger partial charge in [0.05, 0.1) is 25.5 Å². The molecule has 0 amide bonds. The van der Waals surface area contributed by atoms with Gasteiger partial charge in [0, 0.05) is 18.2 Å². The maximum absolute atomic E-state index is 10.4. The van der Waals surface area contributed by atoms with Gasteiger partial charge in [0.2, 0.25) is 0 Å². The van der Waals surface area contributed by atoms with Gasteiger partial charge < -0.3 is 14.6 Å². The Bertz CT molecular complexity index is 584. The Kier molecular flexibility index (Phi) is 5.17. The monoisotopic (exact) mass is 287 g/mol. The van der Waals surface area contributed by atoms with E-state index < -0.39 is 6.10 Å². The number of nitrogens with zero attached hydrogens (tertiary/aromatic N) is 1. The van der Waals surface area contributed by atoms with E-state index >= 15 is 0 Å². The van der Waals surface area contributed by atoms with Crippen LogP contribution in [0.4, 0.5) is 0 Å². The number of pyridine rings is 1. The van der Waals surface area contributed by atoms with Gasteiger partial charge in [0.15, 0.2) is 0 Å². The molecule has 112 valence electrons. The Morgan fingerprint density at radius 1 is 1.19 bits per heavy atom. The van der Waals surface area contributed by atoms with Crippen LogP contribution in [-0.4, -0.2) is 23.3 Å². The summed E-state index contributed by atoms with van der Waals surface area (Å²) < 4.78 is 10.9. The summed E-state index contributed by atoms with van der Waals surface area (Å²) in [5.74, 6) is 1.45. The van der Waals surface area contributed by atoms with Crippen molar-refractivity contribution >= 4 is 0 Å². The number of para-hydroxylation sites is 1. The summed E-state index contributed by atoms with van der Waals surface area (Å²) in [6.07, 6.45) is 3.21. The molecule has 0 saturated carbocycles. The van der Waals surface area contributed by atoms with Gasteiger partial charge in [-0.1, -0.05) is 18.2 Å².